The largest absolute Gasteiger partial charge is 0.489 e. The molecule has 1 amide bonds. The molecule has 0 spiro atoms. The highest BCUT2D eigenvalue weighted by atomic mass is 32.2. The third-order valence-electron chi connectivity index (χ3n) is 6.48. The van der Waals surface area contributed by atoms with E-state index in [9.17, 15) is 17.6 Å². The van der Waals surface area contributed by atoms with E-state index in [-0.39, 0.29) is 18.3 Å². The van der Waals surface area contributed by atoms with Crippen LogP contribution in [0.5, 0.6) is 5.75 Å². The fourth-order valence-electron chi connectivity index (χ4n) is 4.64. The molecule has 9 heteroatoms. The second-order valence-electron chi connectivity index (χ2n) is 8.58. The SMILES string of the molecule is CS(=O)(=O)N1C[C@@H](Oc2ccc(F)cc2)C[C@H]1C(=O)N1CCCN(C2CCC2)CC1. The van der Waals surface area contributed by atoms with Gasteiger partial charge in [0, 0.05) is 38.6 Å². The van der Waals surface area contributed by atoms with Crippen LogP contribution in [0.25, 0.3) is 0 Å². The van der Waals surface area contributed by atoms with Gasteiger partial charge in [0.05, 0.1) is 12.8 Å². The quantitative estimate of drug-likeness (QED) is 0.699. The normalized spacial score (nSPS) is 26.9. The molecule has 2 atom stereocenters. The zero-order valence-corrected chi connectivity index (χ0v) is 18.2. The van der Waals surface area contributed by atoms with E-state index in [4.69, 9.17) is 4.74 Å². The molecule has 3 aliphatic rings. The molecule has 0 radical (unpaired) electrons. The molecule has 2 heterocycles. The molecule has 2 saturated heterocycles. The van der Waals surface area contributed by atoms with E-state index < -0.39 is 22.2 Å². The number of amides is 1. The van der Waals surface area contributed by atoms with E-state index in [0.717, 1.165) is 25.8 Å². The molecule has 4 rings (SSSR count). The number of hydrogen-bond acceptors (Lipinski definition) is 5. The molecule has 2 aliphatic heterocycles. The fraction of sp³-hybridized carbons (Fsp3) is 0.667. The number of hydrogen-bond donors (Lipinski definition) is 0. The maximum Gasteiger partial charge on any atom is 0.241 e. The molecule has 166 valence electrons. The summed E-state index contributed by atoms with van der Waals surface area (Å²) in [5.74, 6) is -0.0355. The van der Waals surface area contributed by atoms with Gasteiger partial charge in [0.2, 0.25) is 15.9 Å². The van der Waals surface area contributed by atoms with E-state index >= 15 is 0 Å². The summed E-state index contributed by atoms with van der Waals surface area (Å²) < 4.78 is 45.0. The highest BCUT2D eigenvalue weighted by molar-refractivity contribution is 7.88. The van der Waals surface area contributed by atoms with Crippen molar-refractivity contribution in [2.24, 2.45) is 0 Å². The number of nitrogens with zero attached hydrogens (tertiary/aromatic N) is 3. The fourth-order valence-corrected chi connectivity index (χ4v) is 5.71. The molecule has 7 nitrogen and oxygen atoms in total. The molecule has 3 fully saturated rings. The van der Waals surface area contributed by atoms with Gasteiger partial charge in [0.25, 0.3) is 0 Å². The minimum absolute atomic E-state index is 0.120. The molecular formula is C21H30FN3O4S. The van der Waals surface area contributed by atoms with Crippen molar-refractivity contribution in [1.82, 2.24) is 14.1 Å². The summed E-state index contributed by atoms with van der Waals surface area (Å²) in [5.41, 5.74) is 0. The Morgan fingerprint density at radius 2 is 1.80 bits per heavy atom. The Morgan fingerprint density at radius 1 is 1.07 bits per heavy atom. The van der Waals surface area contributed by atoms with Crippen LogP contribution in [0.4, 0.5) is 4.39 Å². The summed E-state index contributed by atoms with van der Waals surface area (Å²) in [7, 11) is -3.56. The molecule has 1 saturated carbocycles. The molecule has 0 aromatic heterocycles. The number of rotatable bonds is 5. The number of benzene rings is 1. The molecule has 1 aliphatic carbocycles. The number of carbonyl (C=O) groups is 1. The van der Waals surface area contributed by atoms with Crippen molar-refractivity contribution < 1.29 is 22.3 Å². The number of carbonyl (C=O) groups excluding carboxylic acids is 1. The van der Waals surface area contributed by atoms with Crippen LogP contribution in [-0.4, -0.2) is 85.6 Å². The maximum atomic E-state index is 13.3. The number of ether oxygens (including phenoxy) is 1. The predicted octanol–water partition coefficient (Wildman–Crippen LogP) is 1.69. The lowest BCUT2D eigenvalue weighted by Crippen LogP contribution is -2.49. The monoisotopic (exact) mass is 439 g/mol. The Labute approximate surface area is 177 Å². The molecular weight excluding hydrogens is 409 g/mol. The van der Waals surface area contributed by atoms with Crippen molar-refractivity contribution in [3.05, 3.63) is 30.1 Å². The Morgan fingerprint density at radius 3 is 2.43 bits per heavy atom. The Hall–Kier alpha value is -1.71. The van der Waals surface area contributed by atoms with Crippen LogP contribution in [0.3, 0.4) is 0 Å². The summed E-state index contributed by atoms with van der Waals surface area (Å²) in [4.78, 5) is 17.6. The van der Waals surface area contributed by atoms with Crippen LogP contribution in [0.1, 0.15) is 32.1 Å². The first-order chi connectivity index (χ1) is 14.3. The maximum absolute atomic E-state index is 13.3. The summed E-state index contributed by atoms with van der Waals surface area (Å²) in [6.07, 6.45) is 5.65. The first kappa shape index (κ1) is 21.5. The lowest BCUT2D eigenvalue weighted by atomic mass is 9.91. The third kappa shape index (κ3) is 4.78. The number of halogens is 1. The number of sulfonamides is 1. The summed E-state index contributed by atoms with van der Waals surface area (Å²) in [6, 6.07) is 5.52. The van der Waals surface area contributed by atoms with Gasteiger partial charge in [-0.2, -0.15) is 4.31 Å². The second kappa shape index (κ2) is 8.80. The highest BCUT2D eigenvalue weighted by Gasteiger charge is 2.44. The molecule has 0 N–H and O–H groups in total. The van der Waals surface area contributed by atoms with Gasteiger partial charge in [-0.25, -0.2) is 12.8 Å². The minimum Gasteiger partial charge on any atom is -0.489 e. The molecule has 30 heavy (non-hydrogen) atoms. The highest BCUT2D eigenvalue weighted by Crippen LogP contribution is 2.28. The zero-order valence-electron chi connectivity index (χ0n) is 17.4. The van der Waals surface area contributed by atoms with Crippen molar-refractivity contribution in [1.29, 1.82) is 0 Å². The van der Waals surface area contributed by atoms with Gasteiger partial charge < -0.3 is 9.64 Å². The van der Waals surface area contributed by atoms with Gasteiger partial charge in [-0.1, -0.05) is 6.42 Å². The van der Waals surface area contributed by atoms with E-state index in [1.807, 2.05) is 4.90 Å². The summed E-state index contributed by atoms with van der Waals surface area (Å²) in [5, 5.41) is 0. The van der Waals surface area contributed by atoms with Crippen LogP contribution in [0.2, 0.25) is 0 Å². The Kier molecular flexibility index (Phi) is 6.31. The van der Waals surface area contributed by atoms with E-state index in [1.165, 1.54) is 47.8 Å². The predicted molar refractivity (Wildman–Crippen MR) is 111 cm³/mol. The van der Waals surface area contributed by atoms with Crippen LogP contribution in [-0.2, 0) is 14.8 Å². The van der Waals surface area contributed by atoms with Crippen LogP contribution in [0, 0.1) is 5.82 Å². The second-order valence-corrected chi connectivity index (χ2v) is 10.5. The summed E-state index contributed by atoms with van der Waals surface area (Å²) >= 11 is 0. The van der Waals surface area contributed by atoms with Gasteiger partial charge in [0.1, 0.15) is 23.7 Å². The van der Waals surface area contributed by atoms with Crippen LogP contribution < -0.4 is 4.74 Å². The molecule has 1 aromatic carbocycles. The average Bonchev–Trinajstić information content (AvgIpc) is 2.94. The van der Waals surface area contributed by atoms with Crippen molar-refractivity contribution in [3.63, 3.8) is 0 Å². The van der Waals surface area contributed by atoms with Gasteiger partial charge in [0.15, 0.2) is 0 Å². The van der Waals surface area contributed by atoms with Gasteiger partial charge in [-0.3, -0.25) is 9.69 Å². The first-order valence-corrected chi connectivity index (χ1v) is 12.6. The van der Waals surface area contributed by atoms with Crippen LogP contribution >= 0.6 is 0 Å². The van der Waals surface area contributed by atoms with Gasteiger partial charge in [-0.15, -0.1) is 0 Å². The molecule has 0 unspecified atom stereocenters. The Balaban J connectivity index is 1.43. The minimum atomic E-state index is -3.56. The summed E-state index contributed by atoms with van der Waals surface area (Å²) in [6.45, 7) is 3.24. The lowest BCUT2D eigenvalue weighted by molar-refractivity contribution is -0.134. The van der Waals surface area contributed by atoms with E-state index in [2.05, 4.69) is 4.90 Å². The molecule has 0 bridgehead atoms. The lowest BCUT2D eigenvalue weighted by Gasteiger charge is -2.36. The van der Waals surface area contributed by atoms with Gasteiger partial charge in [-0.05, 0) is 43.5 Å². The standard InChI is InChI=1S/C21H30FN3O4S/c1-30(27,28)25-15-19(29-18-8-6-16(22)7-9-18)14-20(25)21(26)24-11-3-10-23(12-13-24)17-4-2-5-17/h6-9,17,19-20H,2-5,10-15H2,1H3/t19-,20-/m0/s1. The van der Waals surface area contributed by atoms with Crippen molar-refractivity contribution in [2.45, 2.75) is 50.3 Å². The topological polar surface area (TPSA) is 70.2 Å². The van der Waals surface area contributed by atoms with Crippen molar-refractivity contribution >= 4 is 15.9 Å². The van der Waals surface area contributed by atoms with E-state index in [0.29, 0.717) is 31.3 Å². The van der Waals surface area contributed by atoms with E-state index in [1.54, 1.807) is 0 Å². The van der Waals surface area contributed by atoms with Gasteiger partial charge >= 0.3 is 0 Å². The van der Waals surface area contributed by atoms with Crippen LogP contribution in [0.15, 0.2) is 24.3 Å². The first-order valence-electron chi connectivity index (χ1n) is 10.7. The smallest absolute Gasteiger partial charge is 0.241 e. The van der Waals surface area contributed by atoms with Crippen molar-refractivity contribution in [3.8, 4) is 5.75 Å². The zero-order chi connectivity index (χ0) is 21.3. The molecule has 1 aromatic rings. The van der Waals surface area contributed by atoms with Crippen molar-refractivity contribution in [2.75, 3.05) is 39.0 Å². The Bertz CT molecular complexity index is 860. The average molecular weight is 440 g/mol. The third-order valence-corrected chi connectivity index (χ3v) is 7.73.